The highest BCUT2D eigenvalue weighted by Gasteiger charge is 2.16. The van der Waals surface area contributed by atoms with Gasteiger partial charge in [-0.1, -0.05) is 0 Å². The molecule has 96 valence electrons. The highest BCUT2D eigenvalue weighted by atomic mass is 32.1. The average molecular weight is 273 g/mol. The van der Waals surface area contributed by atoms with Gasteiger partial charge in [0.15, 0.2) is 11.5 Å². The molecule has 0 spiro atoms. The topological polar surface area (TPSA) is 81.2 Å². The number of aromatic nitrogens is 1. The first-order valence-corrected chi connectivity index (χ1v) is 6.63. The Morgan fingerprint density at radius 1 is 1.32 bits per heavy atom. The van der Waals surface area contributed by atoms with Crippen LogP contribution in [0.25, 0.3) is 11.3 Å². The first kappa shape index (κ1) is 12.0. The van der Waals surface area contributed by atoms with Crippen molar-refractivity contribution < 1.29 is 9.47 Å². The van der Waals surface area contributed by atoms with Gasteiger partial charge in [0.25, 0.3) is 0 Å². The largest absolute Gasteiger partial charge is 0.486 e. The molecule has 0 bridgehead atoms. The summed E-state index contributed by atoms with van der Waals surface area (Å²) >= 11 is 1.32. The van der Waals surface area contributed by atoms with Crippen LogP contribution in [0.5, 0.6) is 11.5 Å². The van der Waals surface area contributed by atoms with Crippen molar-refractivity contribution in [1.82, 2.24) is 4.98 Å². The van der Waals surface area contributed by atoms with Gasteiger partial charge < -0.3 is 15.2 Å². The van der Waals surface area contributed by atoms with Gasteiger partial charge in [0.1, 0.15) is 29.2 Å². The van der Waals surface area contributed by atoms with Crippen LogP contribution in [-0.2, 0) is 6.54 Å². The zero-order chi connectivity index (χ0) is 13.2. The van der Waals surface area contributed by atoms with Gasteiger partial charge >= 0.3 is 0 Å². The molecular formula is C13H11N3O2S. The Morgan fingerprint density at radius 2 is 2.11 bits per heavy atom. The summed E-state index contributed by atoms with van der Waals surface area (Å²) in [6.07, 6.45) is 0. The SMILES string of the molecule is N#Cc1sc(CN)nc1-c1ccc2c(c1)OCCO2. The van der Waals surface area contributed by atoms with Gasteiger partial charge in [0.2, 0.25) is 0 Å². The second-order valence-electron chi connectivity index (χ2n) is 3.96. The highest BCUT2D eigenvalue weighted by molar-refractivity contribution is 7.12. The van der Waals surface area contributed by atoms with Crippen LogP contribution >= 0.6 is 11.3 Å². The average Bonchev–Trinajstić information content (AvgIpc) is 2.90. The summed E-state index contributed by atoms with van der Waals surface area (Å²) in [6.45, 7) is 1.43. The Bertz CT molecular complexity index is 660. The maximum Gasteiger partial charge on any atom is 0.162 e. The van der Waals surface area contributed by atoms with E-state index in [1.807, 2.05) is 18.2 Å². The smallest absolute Gasteiger partial charge is 0.162 e. The zero-order valence-corrected chi connectivity index (χ0v) is 10.9. The van der Waals surface area contributed by atoms with E-state index in [-0.39, 0.29) is 0 Å². The molecule has 19 heavy (non-hydrogen) atoms. The molecule has 0 saturated heterocycles. The third-order valence-electron chi connectivity index (χ3n) is 2.76. The van der Waals surface area contributed by atoms with Crippen molar-refractivity contribution in [3.8, 4) is 28.8 Å². The number of nitrogens with zero attached hydrogens (tertiary/aromatic N) is 2. The van der Waals surface area contributed by atoms with Crippen molar-refractivity contribution in [1.29, 1.82) is 5.26 Å². The van der Waals surface area contributed by atoms with E-state index in [9.17, 15) is 0 Å². The van der Waals surface area contributed by atoms with E-state index in [4.69, 9.17) is 20.5 Å². The van der Waals surface area contributed by atoms with Gasteiger partial charge in [-0.3, -0.25) is 0 Å². The molecule has 0 unspecified atom stereocenters. The lowest BCUT2D eigenvalue weighted by molar-refractivity contribution is 0.171. The number of benzene rings is 1. The van der Waals surface area contributed by atoms with Crippen molar-refractivity contribution in [2.75, 3.05) is 13.2 Å². The number of ether oxygens (including phenoxy) is 2. The van der Waals surface area contributed by atoms with E-state index in [1.165, 1.54) is 11.3 Å². The number of thiazole rings is 1. The number of nitriles is 1. The van der Waals surface area contributed by atoms with E-state index < -0.39 is 0 Å². The molecular weight excluding hydrogens is 262 g/mol. The summed E-state index contributed by atoms with van der Waals surface area (Å²) in [5, 5.41) is 9.90. The van der Waals surface area contributed by atoms with Crippen molar-refractivity contribution in [3.05, 3.63) is 28.1 Å². The number of nitrogens with two attached hydrogens (primary N) is 1. The molecule has 2 heterocycles. The van der Waals surface area contributed by atoms with Gasteiger partial charge in [-0.15, -0.1) is 11.3 Å². The molecule has 6 heteroatoms. The monoisotopic (exact) mass is 273 g/mol. The van der Waals surface area contributed by atoms with Crippen LogP contribution in [-0.4, -0.2) is 18.2 Å². The Hall–Kier alpha value is -2.10. The third-order valence-corrected chi connectivity index (χ3v) is 3.75. The number of hydrogen-bond donors (Lipinski definition) is 1. The molecule has 3 rings (SSSR count). The lowest BCUT2D eigenvalue weighted by Crippen LogP contribution is -2.15. The maximum absolute atomic E-state index is 9.15. The van der Waals surface area contributed by atoms with Crippen molar-refractivity contribution in [2.45, 2.75) is 6.54 Å². The van der Waals surface area contributed by atoms with Crippen LogP contribution < -0.4 is 15.2 Å². The molecule has 5 nitrogen and oxygen atoms in total. The predicted octanol–water partition coefficient (Wildman–Crippen LogP) is 1.91. The molecule has 1 aromatic carbocycles. The number of rotatable bonds is 2. The Labute approximate surface area is 114 Å². The van der Waals surface area contributed by atoms with E-state index in [0.29, 0.717) is 36.1 Å². The van der Waals surface area contributed by atoms with E-state index in [1.54, 1.807) is 0 Å². The molecule has 2 aromatic rings. The van der Waals surface area contributed by atoms with Gasteiger partial charge in [-0.05, 0) is 18.2 Å². The number of hydrogen-bond acceptors (Lipinski definition) is 6. The molecule has 0 atom stereocenters. The quantitative estimate of drug-likeness (QED) is 0.904. The Morgan fingerprint density at radius 3 is 2.84 bits per heavy atom. The van der Waals surface area contributed by atoms with Crippen LogP contribution in [0, 0.1) is 11.3 Å². The normalized spacial score (nSPS) is 13.1. The molecule has 0 saturated carbocycles. The molecule has 1 aliphatic rings. The van der Waals surface area contributed by atoms with E-state index in [2.05, 4.69) is 11.1 Å². The van der Waals surface area contributed by atoms with Crippen molar-refractivity contribution in [3.63, 3.8) is 0 Å². The third kappa shape index (κ3) is 2.14. The van der Waals surface area contributed by atoms with E-state index >= 15 is 0 Å². The molecule has 0 amide bonds. The first-order valence-electron chi connectivity index (χ1n) is 5.81. The van der Waals surface area contributed by atoms with Gasteiger partial charge in [0, 0.05) is 12.1 Å². The van der Waals surface area contributed by atoms with Gasteiger partial charge in [-0.25, -0.2) is 4.98 Å². The van der Waals surface area contributed by atoms with Gasteiger partial charge in [0.05, 0.1) is 5.69 Å². The fraction of sp³-hybridized carbons (Fsp3) is 0.231. The molecule has 0 radical (unpaired) electrons. The lowest BCUT2D eigenvalue weighted by Gasteiger charge is -2.18. The zero-order valence-electron chi connectivity index (χ0n) is 10.0. The number of fused-ring (bicyclic) bond motifs is 1. The molecule has 2 N–H and O–H groups in total. The molecule has 0 fully saturated rings. The van der Waals surface area contributed by atoms with Crippen LogP contribution in [0.3, 0.4) is 0 Å². The fourth-order valence-electron chi connectivity index (χ4n) is 1.91. The second-order valence-corrected chi connectivity index (χ2v) is 5.04. The summed E-state index contributed by atoms with van der Waals surface area (Å²) in [5.74, 6) is 1.41. The highest BCUT2D eigenvalue weighted by Crippen LogP contribution is 2.36. The lowest BCUT2D eigenvalue weighted by atomic mass is 10.1. The Kier molecular flexibility index (Phi) is 3.07. The van der Waals surface area contributed by atoms with Crippen LogP contribution in [0.2, 0.25) is 0 Å². The summed E-state index contributed by atoms with van der Waals surface area (Å²) in [6, 6.07) is 7.73. The molecule has 1 aliphatic heterocycles. The summed E-state index contributed by atoms with van der Waals surface area (Å²) in [5.41, 5.74) is 7.07. The van der Waals surface area contributed by atoms with Crippen molar-refractivity contribution in [2.24, 2.45) is 5.73 Å². The maximum atomic E-state index is 9.15. The van der Waals surface area contributed by atoms with Gasteiger partial charge in [-0.2, -0.15) is 5.26 Å². The Balaban J connectivity index is 2.07. The first-order chi connectivity index (χ1) is 9.31. The summed E-state index contributed by atoms with van der Waals surface area (Å²) in [7, 11) is 0. The fourth-order valence-corrected chi connectivity index (χ4v) is 2.68. The molecule has 1 aromatic heterocycles. The minimum atomic E-state index is 0.337. The minimum Gasteiger partial charge on any atom is -0.486 e. The minimum absolute atomic E-state index is 0.337. The molecule has 0 aliphatic carbocycles. The van der Waals surface area contributed by atoms with Crippen LogP contribution in [0.15, 0.2) is 18.2 Å². The van der Waals surface area contributed by atoms with Crippen LogP contribution in [0.4, 0.5) is 0 Å². The second kappa shape index (κ2) is 4.88. The summed E-state index contributed by atoms with van der Waals surface area (Å²) in [4.78, 5) is 4.96. The predicted molar refractivity (Wildman–Crippen MR) is 71.1 cm³/mol. The standard InChI is InChI=1S/C13H11N3O2S/c14-6-11-13(16-12(7-15)19-11)8-1-2-9-10(5-8)18-4-3-17-9/h1-2,5H,3-4,7,15H2. The summed E-state index contributed by atoms with van der Waals surface area (Å²) < 4.78 is 11.0. The van der Waals surface area contributed by atoms with Crippen molar-refractivity contribution >= 4 is 11.3 Å². The van der Waals surface area contributed by atoms with E-state index in [0.717, 1.165) is 16.3 Å². The van der Waals surface area contributed by atoms with Crippen LogP contribution in [0.1, 0.15) is 9.88 Å².